The molecule has 0 aliphatic rings. The molecule has 1 heterocycles. The molecule has 8 heteroatoms. The van der Waals surface area contributed by atoms with Gasteiger partial charge in [0.2, 0.25) is 5.91 Å². The van der Waals surface area contributed by atoms with E-state index in [1.807, 2.05) is 37.4 Å². The maximum absolute atomic E-state index is 12.9. The first-order valence-corrected chi connectivity index (χ1v) is 11.1. The van der Waals surface area contributed by atoms with E-state index in [1.165, 1.54) is 23.5 Å². The molecule has 5 nitrogen and oxygen atoms in total. The van der Waals surface area contributed by atoms with E-state index in [0.29, 0.717) is 5.13 Å². The van der Waals surface area contributed by atoms with Gasteiger partial charge in [0.15, 0.2) is 15.0 Å². The highest BCUT2D eigenvalue weighted by Gasteiger charge is 2.17. The third-order valence-corrected chi connectivity index (χ3v) is 6.68. The quantitative estimate of drug-likeness (QED) is 0.603. The van der Waals surface area contributed by atoms with Crippen LogP contribution in [0.4, 0.5) is 9.52 Å². The maximum Gasteiger partial charge on any atom is 0.227 e. The molecule has 1 amide bonds. The van der Waals surface area contributed by atoms with Gasteiger partial charge in [0.05, 0.1) is 16.3 Å². The van der Waals surface area contributed by atoms with Gasteiger partial charge in [-0.2, -0.15) is 0 Å². The Morgan fingerprint density at radius 1 is 1.14 bits per heavy atom. The Balaban J connectivity index is 1.63. The van der Waals surface area contributed by atoms with Gasteiger partial charge in [-0.15, -0.1) is 11.3 Å². The molecule has 0 aliphatic heterocycles. The first-order chi connectivity index (χ1) is 13.2. The number of carbonyl (C=O) groups excluding carboxylic acids is 1. The second kappa shape index (κ2) is 8.20. The number of nitrogens with zero attached hydrogens (tertiary/aromatic N) is 1. The molecular weight excluding hydrogens is 399 g/mol. The Bertz CT molecular complexity index is 1110. The Morgan fingerprint density at radius 3 is 2.57 bits per heavy atom. The number of nitrogens with one attached hydrogen (secondary N) is 1. The monoisotopic (exact) mass is 418 g/mol. The van der Waals surface area contributed by atoms with Gasteiger partial charge in [0.1, 0.15) is 5.82 Å². The lowest BCUT2D eigenvalue weighted by molar-refractivity contribution is -0.115. The zero-order valence-corrected chi connectivity index (χ0v) is 17.0. The van der Waals surface area contributed by atoms with Gasteiger partial charge in [-0.05, 0) is 49.7 Å². The smallest absolute Gasteiger partial charge is 0.227 e. The van der Waals surface area contributed by atoms with E-state index < -0.39 is 21.6 Å². The van der Waals surface area contributed by atoms with Gasteiger partial charge in [-0.3, -0.25) is 4.79 Å². The zero-order valence-electron chi connectivity index (χ0n) is 15.4. The van der Waals surface area contributed by atoms with Crippen molar-refractivity contribution in [2.75, 3.05) is 11.1 Å². The summed E-state index contributed by atoms with van der Waals surface area (Å²) in [6.07, 6.45) is -0.210. The molecule has 0 radical (unpaired) electrons. The molecule has 3 rings (SSSR count). The maximum atomic E-state index is 12.9. The highest BCUT2D eigenvalue weighted by molar-refractivity contribution is 7.91. The molecule has 146 valence electrons. The van der Waals surface area contributed by atoms with Crippen LogP contribution in [-0.2, 0) is 14.6 Å². The summed E-state index contributed by atoms with van der Waals surface area (Å²) in [7, 11) is -3.66. The normalized spacial score (nSPS) is 11.4. The van der Waals surface area contributed by atoms with Crippen molar-refractivity contribution in [2.45, 2.75) is 25.2 Å². The van der Waals surface area contributed by atoms with Crippen LogP contribution in [0.3, 0.4) is 0 Å². The molecule has 0 spiro atoms. The average molecular weight is 419 g/mol. The lowest BCUT2D eigenvalue weighted by Crippen LogP contribution is -2.17. The topological polar surface area (TPSA) is 76.1 Å². The van der Waals surface area contributed by atoms with Gasteiger partial charge in [-0.25, -0.2) is 17.8 Å². The minimum Gasteiger partial charge on any atom is -0.302 e. The number of sulfone groups is 1. The Hall–Kier alpha value is -2.58. The highest BCUT2D eigenvalue weighted by atomic mass is 32.2. The Morgan fingerprint density at radius 2 is 1.86 bits per heavy atom. The molecule has 0 saturated heterocycles. The first-order valence-electron chi connectivity index (χ1n) is 8.56. The summed E-state index contributed by atoms with van der Waals surface area (Å²) in [5, 5.41) is 4.91. The summed E-state index contributed by atoms with van der Waals surface area (Å²) in [5.41, 5.74) is 3.96. The molecular formula is C20H19FN2O3S2. The second-order valence-electron chi connectivity index (χ2n) is 6.43. The van der Waals surface area contributed by atoms with E-state index in [4.69, 9.17) is 0 Å². The number of halogens is 1. The average Bonchev–Trinajstić information content (AvgIpc) is 3.11. The van der Waals surface area contributed by atoms with Crippen LogP contribution in [0, 0.1) is 19.7 Å². The molecule has 2 aromatic carbocycles. The summed E-state index contributed by atoms with van der Waals surface area (Å²) in [4.78, 5) is 16.6. The van der Waals surface area contributed by atoms with E-state index in [2.05, 4.69) is 10.3 Å². The first kappa shape index (κ1) is 20.2. The van der Waals surface area contributed by atoms with Crippen LogP contribution in [0.25, 0.3) is 11.3 Å². The largest absolute Gasteiger partial charge is 0.302 e. The summed E-state index contributed by atoms with van der Waals surface area (Å²) in [6.45, 7) is 3.99. The predicted molar refractivity (Wildman–Crippen MR) is 109 cm³/mol. The fourth-order valence-electron chi connectivity index (χ4n) is 2.64. The minimum absolute atomic E-state index is 0.00634. The molecule has 1 aromatic heterocycles. The lowest BCUT2D eigenvalue weighted by atomic mass is 10.0. The fraction of sp³-hybridized carbons (Fsp3) is 0.200. The molecule has 3 aromatic rings. The van der Waals surface area contributed by atoms with Crippen molar-refractivity contribution in [1.82, 2.24) is 4.98 Å². The number of anilines is 1. The van der Waals surface area contributed by atoms with Gasteiger partial charge < -0.3 is 5.32 Å². The number of carbonyl (C=O) groups is 1. The minimum atomic E-state index is -3.66. The van der Waals surface area contributed by atoms with Crippen LogP contribution >= 0.6 is 11.3 Å². The van der Waals surface area contributed by atoms with Crippen LogP contribution in [0.5, 0.6) is 0 Å². The summed E-state index contributed by atoms with van der Waals surface area (Å²) in [5.74, 6) is -1.31. The Labute approximate surface area is 167 Å². The van der Waals surface area contributed by atoms with E-state index in [0.717, 1.165) is 34.5 Å². The lowest BCUT2D eigenvalue weighted by Gasteiger charge is -2.05. The molecule has 0 bridgehead atoms. The molecule has 0 aliphatic carbocycles. The summed E-state index contributed by atoms with van der Waals surface area (Å²) >= 11 is 1.28. The summed E-state index contributed by atoms with van der Waals surface area (Å²) in [6, 6.07) is 10.6. The van der Waals surface area contributed by atoms with E-state index in [-0.39, 0.29) is 17.1 Å². The third-order valence-electron chi connectivity index (χ3n) is 4.19. The second-order valence-corrected chi connectivity index (χ2v) is 9.39. The van der Waals surface area contributed by atoms with Gasteiger partial charge >= 0.3 is 0 Å². The standard InChI is InChI=1S/C20H19FN2O3S2/c1-13-3-4-14(2)17(11-13)18-12-27-20(22-18)23-19(24)9-10-28(25,26)16-7-5-15(21)6-8-16/h3-8,11-12H,9-10H2,1-2H3,(H,22,23,24). The van der Waals surface area contributed by atoms with Crippen molar-refractivity contribution < 1.29 is 17.6 Å². The third kappa shape index (κ3) is 4.82. The highest BCUT2D eigenvalue weighted by Crippen LogP contribution is 2.28. The number of thiazole rings is 1. The van der Waals surface area contributed by atoms with Crippen molar-refractivity contribution in [3.63, 3.8) is 0 Å². The number of rotatable bonds is 6. The van der Waals surface area contributed by atoms with Gasteiger partial charge in [0, 0.05) is 17.4 Å². The van der Waals surface area contributed by atoms with E-state index >= 15 is 0 Å². The van der Waals surface area contributed by atoms with Crippen LogP contribution in [0.1, 0.15) is 17.5 Å². The van der Waals surface area contributed by atoms with Crippen LogP contribution in [-0.4, -0.2) is 25.1 Å². The number of aryl methyl sites for hydroxylation is 2. The van der Waals surface area contributed by atoms with Crippen molar-refractivity contribution >= 4 is 32.2 Å². The number of aromatic nitrogens is 1. The number of benzene rings is 2. The Kier molecular flexibility index (Phi) is 5.90. The summed E-state index contributed by atoms with van der Waals surface area (Å²) < 4.78 is 37.4. The number of hydrogen-bond acceptors (Lipinski definition) is 5. The predicted octanol–water partition coefficient (Wildman–Crippen LogP) is 4.37. The fourth-order valence-corrected chi connectivity index (χ4v) is 4.60. The number of amides is 1. The van der Waals surface area contributed by atoms with Gasteiger partial charge in [0.25, 0.3) is 0 Å². The van der Waals surface area contributed by atoms with Crippen molar-refractivity contribution in [3.05, 3.63) is 64.8 Å². The van der Waals surface area contributed by atoms with Crippen molar-refractivity contribution in [2.24, 2.45) is 0 Å². The van der Waals surface area contributed by atoms with E-state index in [9.17, 15) is 17.6 Å². The molecule has 28 heavy (non-hydrogen) atoms. The van der Waals surface area contributed by atoms with Crippen molar-refractivity contribution in [1.29, 1.82) is 0 Å². The SMILES string of the molecule is Cc1ccc(C)c(-c2csc(NC(=O)CCS(=O)(=O)c3ccc(F)cc3)n2)c1. The van der Waals surface area contributed by atoms with Crippen LogP contribution in [0.2, 0.25) is 0 Å². The molecule has 0 atom stereocenters. The van der Waals surface area contributed by atoms with Crippen LogP contribution < -0.4 is 5.32 Å². The zero-order chi connectivity index (χ0) is 20.3. The van der Waals surface area contributed by atoms with Crippen molar-refractivity contribution in [3.8, 4) is 11.3 Å². The molecule has 0 unspecified atom stereocenters. The van der Waals surface area contributed by atoms with E-state index in [1.54, 1.807) is 0 Å². The molecule has 1 N–H and O–H groups in total. The molecule has 0 saturated carbocycles. The molecule has 0 fully saturated rings. The van der Waals surface area contributed by atoms with Crippen LogP contribution in [0.15, 0.2) is 52.7 Å². The number of hydrogen-bond donors (Lipinski definition) is 1. The van der Waals surface area contributed by atoms with Gasteiger partial charge in [-0.1, -0.05) is 17.7 Å².